The molecular formula is C77H146O17P2. The van der Waals surface area contributed by atoms with E-state index >= 15 is 0 Å². The third-order valence-electron chi connectivity index (χ3n) is 17.6. The summed E-state index contributed by atoms with van der Waals surface area (Å²) in [5.74, 6) is 0.0900. The Labute approximate surface area is 586 Å². The lowest BCUT2D eigenvalue weighted by molar-refractivity contribution is -0.161. The molecular weight excluding hydrogens is 1260 g/mol. The largest absolute Gasteiger partial charge is 0.472 e. The molecule has 0 fully saturated rings. The number of carbonyl (C=O) groups is 4. The monoisotopic (exact) mass is 1410 g/mol. The summed E-state index contributed by atoms with van der Waals surface area (Å²) in [5.41, 5.74) is 0. The van der Waals surface area contributed by atoms with E-state index in [1.165, 1.54) is 154 Å². The molecule has 0 radical (unpaired) electrons. The molecule has 6 atom stereocenters. The summed E-state index contributed by atoms with van der Waals surface area (Å²) in [5, 5.41) is 10.6. The summed E-state index contributed by atoms with van der Waals surface area (Å²) in [6, 6.07) is 0. The number of phosphoric acid groups is 2. The van der Waals surface area contributed by atoms with Crippen LogP contribution in [0.25, 0.3) is 0 Å². The summed E-state index contributed by atoms with van der Waals surface area (Å²) in [6.45, 7) is 11.8. The Balaban J connectivity index is 5.24. The predicted octanol–water partition coefficient (Wildman–Crippen LogP) is 22.1. The standard InChI is InChI=1S/C77H146O17P2/c1-8-10-11-12-13-14-15-16-21-25-28-31-36-44-51-58-74(79)87-64-72(93-76(81)60-53-46-37-32-29-26-23-20-18-17-19-22-24-27-30-34-41-48-55-68(3)4)66-91-95(83,84)89-62-71(78)63-90-96(85,86)92-67-73(94-77(82)61-54-47-38-33-35-42-49-56-69(5)6)65-88-75(80)59-52-45-40-39-43-50-57-70(7)9-2/h14-16,21,68-73,78H,8-13,17-20,22-67H2,1-7H3,(H,83,84)(H,85,86)/b15-14-,21-16-/t70?,71-,72-,73-/m1/s1. The van der Waals surface area contributed by atoms with Crippen molar-refractivity contribution < 1.29 is 80.2 Å². The molecule has 3 N–H and O–H groups in total. The van der Waals surface area contributed by atoms with Gasteiger partial charge in [0.05, 0.1) is 26.4 Å². The van der Waals surface area contributed by atoms with E-state index in [-0.39, 0.29) is 25.7 Å². The molecule has 0 bridgehead atoms. The summed E-state index contributed by atoms with van der Waals surface area (Å²) in [6.07, 6.45) is 56.6. The zero-order valence-electron chi connectivity index (χ0n) is 62.3. The lowest BCUT2D eigenvalue weighted by Crippen LogP contribution is -2.30. The molecule has 0 aromatic heterocycles. The molecule has 17 nitrogen and oxygen atoms in total. The third kappa shape index (κ3) is 68.7. The van der Waals surface area contributed by atoms with Crippen molar-refractivity contribution in [2.75, 3.05) is 39.6 Å². The van der Waals surface area contributed by atoms with Gasteiger partial charge in [0.1, 0.15) is 19.3 Å². The molecule has 0 aliphatic rings. The minimum Gasteiger partial charge on any atom is -0.462 e. The Morgan fingerprint density at radius 3 is 0.927 bits per heavy atom. The Kier molecular flexibility index (Phi) is 65.3. The molecule has 0 heterocycles. The van der Waals surface area contributed by atoms with Crippen LogP contribution in [0.4, 0.5) is 0 Å². The highest BCUT2D eigenvalue weighted by Gasteiger charge is 2.30. The first kappa shape index (κ1) is 93.5. The Bertz CT molecular complexity index is 1970. The molecule has 0 saturated heterocycles. The summed E-state index contributed by atoms with van der Waals surface area (Å²) in [7, 11) is -9.92. The van der Waals surface area contributed by atoms with Crippen molar-refractivity contribution in [1.82, 2.24) is 0 Å². The molecule has 3 unspecified atom stereocenters. The topological polar surface area (TPSA) is 237 Å². The number of allylic oxidation sites excluding steroid dienone is 4. The second-order valence-corrected chi connectivity index (χ2v) is 31.2. The summed E-state index contributed by atoms with van der Waals surface area (Å²) >= 11 is 0. The van der Waals surface area contributed by atoms with Gasteiger partial charge in [-0.3, -0.25) is 37.3 Å². The van der Waals surface area contributed by atoms with Crippen LogP contribution in [-0.2, 0) is 65.4 Å². The predicted molar refractivity (Wildman–Crippen MR) is 390 cm³/mol. The van der Waals surface area contributed by atoms with Gasteiger partial charge in [0.2, 0.25) is 0 Å². The Morgan fingerprint density at radius 1 is 0.344 bits per heavy atom. The van der Waals surface area contributed by atoms with Gasteiger partial charge in [-0.25, -0.2) is 9.13 Å². The lowest BCUT2D eigenvalue weighted by Gasteiger charge is -2.21. The summed E-state index contributed by atoms with van der Waals surface area (Å²) in [4.78, 5) is 72.7. The minimum atomic E-state index is -4.97. The third-order valence-corrected chi connectivity index (χ3v) is 19.5. The minimum absolute atomic E-state index is 0.100. The maximum Gasteiger partial charge on any atom is 0.472 e. The molecule has 19 heteroatoms. The highest BCUT2D eigenvalue weighted by molar-refractivity contribution is 7.47. The molecule has 0 aromatic rings. The fourth-order valence-electron chi connectivity index (χ4n) is 11.2. The van der Waals surface area contributed by atoms with Crippen LogP contribution in [0, 0.1) is 17.8 Å². The second-order valence-electron chi connectivity index (χ2n) is 28.3. The number of carbonyl (C=O) groups excluding carboxylic acids is 4. The van der Waals surface area contributed by atoms with E-state index < -0.39 is 97.5 Å². The number of hydrogen-bond acceptors (Lipinski definition) is 15. The van der Waals surface area contributed by atoms with Crippen molar-refractivity contribution in [2.45, 2.75) is 388 Å². The van der Waals surface area contributed by atoms with Gasteiger partial charge in [0.25, 0.3) is 0 Å². The van der Waals surface area contributed by atoms with Crippen molar-refractivity contribution >= 4 is 39.5 Å². The zero-order chi connectivity index (χ0) is 70.9. The number of ether oxygens (including phenoxy) is 4. The number of aliphatic hydroxyl groups is 1. The average Bonchev–Trinajstić information content (AvgIpc) is 2.21. The van der Waals surface area contributed by atoms with Crippen LogP contribution in [0.5, 0.6) is 0 Å². The van der Waals surface area contributed by atoms with Gasteiger partial charge < -0.3 is 33.8 Å². The number of hydrogen-bond donors (Lipinski definition) is 3. The normalized spacial score (nSPS) is 14.5. The smallest absolute Gasteiger partial charge is 0.462 e. The van der Waals surface area contributed by atoms with Gasteiger partial charge in [-0.1, -0.05) is 317 Å². The molecule has 0 rings (SSSR count). The van der Waals surface area contributed by atoms with Gasteiger partial charge in [-0.05, 0) is 69.1 Å². The Hall–Kier alpha value is -2.46. The molecule has 0 aliphatic carbocycles. The number of esters is 4. The van der Waals surface area contributed by atoms with Gasteiger partial charge in [-0.2, -0.15) is 0 Å². The number of phosphoric ester groups is 2. The van der Waals surface area contributed by atoms with Gasteiger partial charge in [0, 0.05) is 25.7 Å². The van der Waals surface area contributed by atoms with Crippen molar-refractivity contribution in [3.05, 3.63) is 24.3 Å². The fourth-order valence-corrected chi connectivity index (χ4v) is 12.8. The summed E-state index contributed by atoms with van der Waals surface area (Å²) < 4.78 is 68.4. The maximum atomic E-state index is 13.1. The van der Waals surface area contributed by atoms with E-state index in [1.54, 1.807) is 0 Å². The van der Waals surface area contributed by atoms with Crippen LogP contribution in [0.2, 0.25) is 0 Å². The van der Waals surface area contributed by atoms with Crippen LogP contribution in [0.1, 0.15) is 370 Å². The van der Waals surface area contributed by atoms with Crippen molar-refractivity contribution in [2.24, 2.45) is 17.8 Å². The van der Waals surface area contributed by atoms with Crippen LogP contribution < -0.4 is 0 Å². The van der Waals surface area contributed by atoms with E-state index in [9.17, 15) is 43.2 Å². The fraction of sp³-hybridized carbons (Fsp3) is 0.896. The van der Waals surface area contributed by atoms with Crippen LogP contribution in [0.15, 0.2) is 24.3 Å². The molecule has 0 aromatic carbocycles. The van der Waals surface area contributed by atoms with Crippen molar-refractivity contribution in [3.63, 3.8) is 0 Å². The van der Waals surface area contributed by atoms with E-state index in [0.717, 1.165) is 127 Å². The first-order valence-corrected chi connectivity index (χ1v) is 42.2. The van der Waals surface area contributed by atoms with Crippen molar-refractivity contribution in [3.8, 4) is 0 Å². The molecule has 96 heavy (non-hydrogen) atoms. The highest BCUT2D eigenvalue weighted by Crippen LogP contribution is 2.45. The van der Waals surface area contributed by atoms with Crippen LogP contribution >= 0.6 is 15.6 Å². The van der Waals surface area contributed by atoms with Crippen LogP contribution in [-0.4, -0.2) is 96.7 Å². The Morgan fingerprint density at radius 2 is 0.615 bits per heavy atom. The van der Waals surface area contributed by atoms with Gasteiger partial charge in [-0.15, -0.1) is 0 Å². The van der Waals surface area contributed by atoms with Gasteiger partial charge in [0.15, 0.2) is 12.2 Å². The second kappa shape index (κ2) is 67.1. The SMILES string of the molecule is CCCCCC/C=C\C=C/CCCCCCCC(=O)OC[C@H](COP(=O)(O)OC[C@@H](O)COP(=O)(O)OC[C@@H](COC(=O)CCCCCCCCC(C)CC)OC(=O)CCCCCCCCCC(C)C)OC(=O)CCCCCCCCCCCCCCCCCCCCC(C)C. The molecule has 0 amide bonds. The molecule has 0 aliphatic heterocycles. The van der Waals surface area contributed by atoms with E-state index in [4.69, 9.17) is 37.0 Å². The zero-order valence-corrected chi connectivity index (χ0v) is 64.1. The first-order valence-electron chi connectivity index (χ1n) is 39.2. The average molecular weight is 1410 g/mol. The van der Waals surface area contributed by atoms with Crippen LogP contribution in [0.3, 0.4) is 0 Å². The van der Waals surface area contributed by atoms with Crippen molar-refractivity contribution in [1.29, 1.82) is 0 Å². The van der Waals surface area contributed by atoms with E-state index in [0.29, 0.717) is 31.6 Å². The quantitative estimate of drug-likeness (QED) is 0.0169. The number of rotatable bonds is 73. The van der Waals surface area contributed by atoms with Gasteiger partial charge >= 0.3 is 39.5 Å². The molecule has 0 spiro atoms. The van der Waals surface area contributed by atoms with E-state index in [2.05, 4.69) is 72.8 Å². The number of aliphatic hydroxyl groups excluding tert-OH is 1. The lowest BCUT2D eigenvalue weighted by atomic mass is 10.00. The first-order chi connectivity index (χ1) is 46.3. The number of unbranched alkanes of at least 4 members (excludes halogenated alkanes) is 37. The maximum absolute atomic E-state index is 13.1. The molecule has 566 valence electrons. The highest BCUT2D eigenvalue weighted by atomic mass is 31.2. The van der Waals surface area contributed by atoms with E-state index in [1.807, 2.05) is 0 Å². The molecule has 0 saturated carbocycles.